The predicted octanol–water partition coefficient (Wildman–Crippen LogP) is 4.67. The Kier molecular flexibility index (Phi) is 9.98. The van der Waals surface area contributed by atoms with Crippen molar-refractivity contribution < 1.29 is 27.4 Å². The third-order valence-corrected chi connectivity index (χ3v) is 7.99. The zero-order valence-electron chi connectivity index (χ0n) is 21.2. The summed E-state index contributed by atoms with van der Waals surface area (Å²) in [7, 11) is 0.390. The van der Waals surface area contributed by atoms with E-state index >= 15 is 0 Å². The van der Waals surface area contributed by atoms with Crippen LogP contribution >= 0.6 is 23.2 Å². The lowest BCUT2D eigenvalue weighted by Gasteiger charge is -2.22. The molecular formula is C26H27Cl2N3O6S. The van der Waals surface area contributed by atoms with E-state index in [4.69, 9.17) is 37.4 Å². The molecule has 0 aromatic heterocycles. The fourth-order valence-electron chi connectivity index (χ4n) is 3.52. The number of halogens is 2. The number of benzene rings is 3. The number of nitrogens with one attached hydrogen (secondary N) is 1. The van der Waals surface area contributed by atoms with Gasteiger partial charge in [-0.25, -0.2) is 13.8 Å². The van der Waals surface area contributed by atoms with Gasteiger partial charge in [-0.2, -0.15) is 9.41 Å². The summed E-state index contributed by atoms with van der Waals surface area (Å²) in [6, 6.07) is 14.5. The summed E-state index contributed by atoms with van der Waals surface area (Å²) in [5, 5.41) is 4.58. The van der Waals surface area contributed by atoms with Gasteiger partial charge in [-0.1, -0.05) is 47.0 Å². The first kappa shape index (κ1) is 29.2. The molecule has 0 aliphatic heterocycles. The first-order valence-corrected chi connectivity index (χ1v) is 13.4. The molecule has 0 aliphatic carbocycles. The molecule has 0 saturated carbocycles. The fourth-order valence-corrected chi connectivity index (χ4v) is 5.23. The van der Waals surface area contributed by atoms with E-state index in [1.807, 2.05) is 6.92 Å². The number of ether oxygens (including phenoxy) is 3. The monoisotopic (exact) mass is 579 g/mol. The Hall–Kier alpha value is -3.31. The van der Waals surface area contributed by atoms with Gasteiger partial charge >= 0.3 is 0 Å². The molecule has 0 fully saturated rings. The van der Waals surface area contributed by atoms with Gasteiger partial charge in [0.15, 0.2) is 11.5 Å². The Morgan fingerprint density at radius 3 is 2.24 bits per heavy atom. The van der Waals surface area contributed by atoms with Crippen LogP contribution in [0.2, 0.25) is 10.0 Å². The van der Waals surface area contributed by atoms with E-state index in [9.17, 15) is 13.2 Å². The van der Waals surface area contributed by atoms with Crippen molar-refractivity contribution >= 4 is 45.3 Å². The van der Waals surface area contributed by atoms with Gasteiger partial charge in [-0.05, 0) is 48.9 Å². The summed E-state index contributed by atoms with van der Waals surface area (Å²) in [5.74, 6) is 0.525. The molecule has 0 aliphatic rings. The SMILES string of the molecule is COc1ccc(/C=N\NC(=O)CN(Cc2ccc(Cl)c(Cl)c2)S(=O)(=O)c2ccc(C)cc2)c(OC)c1OC. The largest absolute Gasteiger partial charge is 0.493 e. The highest BCUT2D eigenvalue weighted by molar-refractivity contribution is 7.89. The Morgan fingerprint density at radius 2 is 1.63 bits per heavy atom. The standard InChI is InChI=1S/C26H27Cl2N3O6S/c1-17-5-9-20(10-6-17)38(33,34)31(15-18-7-11-21(27)22(28)13-18)16-24(32)30-29-14-19-8-12-23(35-2)26(37-4)25(19)36-3/h5-14H,15-16H2,1-4H3,(H,30,32)/b29-14-. The summed E-state index contributed by atoms with van der Waals surface area (Å²) in [4.78, 5) is 12.9. The van der Waals surface area contributed by atoms with Crippen LogP contribution < -0.4 is 19.6 Å². The third kappa shape index (κ3) is 6.96. The van der Waals surface area contributed by atoms with E-state index in [-0.39, 0.29) is 16.5 Å². The second kappa shape index (κ2) is 13.0. The molecule has 0 unspecified atom stereocenters. The molecule has 9 nitrogen and oxygen atoms in total. The topological polar surface area (TPSA) is 107 Å². The lowest BCUT2D eigenvalue weighted by Crippen LogP contribution is -2.39. The highest BCUT2D eigenvalue weighted by Crippen LogP contribution is 2.39. The van der Waals surface area contributed by atoms with E-state index in [2.05, 4.69) is 10.5 Å². The molecular weight excluding hydrogens is 553 g/mol. The van der Waals surface area contributed by atoms with Crippen LogP contribution in [0.15, 0.2) is 64.6 Å². The van der Waals surface area contributed by atoms with Crippen LogP contribution in [0.25, 0.3) is 0 Å². The van der Waals surface area contributed by atoms with Crippen molar-refractivity contribution in [3.63, 3.8) is 0 Å². The molecule has 1 amide bonds. The summed E-state index contributed by atoms with van der Waals surface area (Å²) < 4.78 is 44.0. The lowest BCUT2D eigenvalue weighted by atomic mass is 10.2. The van der Waals surface area contributed by atoms with Crippen LogP contribution in [0.5, 0.6) is 17.2 Å². The molecule has 3 aromatic carbocycles. The summed E-state index contributed by atoms with van der Waals surface area (Å²) in [5.41, 5.74) is 4.33. The van der Waals surface area contributed by atoms with Crippen LogP contribution in [0, 0.1) is 6.92 Å². The first-order chi connectivity index (χ1) is 18.1. The number of hydrazone groups is 1. The summed E-state index contributed by atoms with van der Waals surface area (Å²) in [6.45, 7) is 1.23. The Labute approximate surface area is 232 Å². The fraction of sp³-hybridized carbons (Fsp3) is 0.231. The molecule has 0 spiro atoms. The van der Waals surface area contributed by atoms with Gasteiger partial charge in [-0.15, -0.1) is 0 Å². The van der Waals surface area contributed by atoms with Gasteiger partial charge in [-0.3, -0.25) is 4.79 Å². The van der Waals surface area contributed by atoms with Crippen LogP contribution in [0.3, 0.4) is 0 Å². The van der Waals surface area contributed by atoms with Gasteiger partial charge in [0, 0.05) is 12.1 Å². The number of sulfonamides is 1. The van der Waals surface area contributed by atoms with Gasteiger partial charge in [0.2, 0.25) is 15.8 Å². The second-order valence-corrected chi connectivity index (χ2v) is 10.8. The molecule has 3 rings (SSSR count). The van der Waals surface area contributed by atoms with Crippen LogP contribution in [0.4, 0.5) is 0 Å². The van der Waals surface area contributed by atoms with E-state index in [1.54, 1.807) is 42.5 Å². The number of aryl methyl sites for hydroxylation is 1. The van der Waals surface area contributed by atoms with E-state index in [1.165, 1.54) is 39.7 Å². The Bertz CT molecular complexity index is 1430. The van der Waals surface area contributed by atoms with Gasteiger partial charge in [0.05, 0.1) is 49.0 Å². The number of hydrogen-bond donors (Lipinski definition) is 1. The molecule has 38 heavy (non-hydrogen) atoms. The van der Waals surface area contributed by atoms with Crippen molar-refractivity contribution in [3.05, 3.63) is 81.3 Å². The van der Waals surface area contributed by atoms with Gasteiger partial charge < -0.3 is 14.2 Å². The highest BCUT2D eigenvalue weighted by atomic mass is 35.5. The predicted molar refractivity (Wildman–Crippen MR) is 147 cm³/mol. The number of nitrogens with zero attached hydrogens (tertiary/aromatic N) is 2. The average molecular weight is 580 g/mol. The zero-order valence-corrected chi connectivity index (χ0v) is 23.5. The minimum absolute atomic E-state index is 0.0505. The first-order valence-electron chi connectivity index (χ1n) is 11.2. The van der Waals surface area contributed by atoms with Crippen LogP contribution in [-0.2, 0) is 21.4 Å². The van der Waals surface area contributed by atoms with Gasteiger partial charge in [0.25, 0.3) is 5.91 Å². The Balaban J connectivity index is 1.84. The maximum atomic E-state index is 13.5. The van der Waals surface area contributed by atoms with Crippen molar-refractivity contribution in [2.75, 3.05) is 27.9 Å². The van der Waals surface area contributed by atoms with Crippen molar-refractivity contribution in [1.82, 2.24) is 9.73 Å². The minimum atomic E-state index is -4.04. The van der Waals surface area contributed by atoms with Crippen molar-refractivity contribution in [2.24, 2.45) is 5.10 Å². The van der Waals surface area contributed by atoms with Crippen LogP contribution in [-0.4, -0.2) is 52.7 Å². The molecule has 3 aromatic rings. The zero-order chi connectivity index (χ0) is 27.9. The molecule has 12 heteroatoms. The Morgan fingerprint density at radius 1 is 0.947 bits per heavy atom. The normalized spacial score (nSPS) is 11.6. The van der Waals surface area contributed by atoms with E-state index in [0.29, 0.717) is 33.4 Å². The minimum Gasteiger partial charge on any atom is -0.493 e. The molecule has 0 saturated heterocycles. The number of hydrogen-bond acceptors (Lipinski definition) is 7. The number of methoxy groups -OCH3 is 3. The average Bonchev–Trinajstić information content (AvgIpc) is 2.90. The molecule has 0 radical (unpaired) electrons. The number of carbonyl (C=O) groups excluding carboxylic acids is 1. The number of rotatable bonds is 11. The summed E-state index contributed by atoms with van der Waals surface area (Å²) in [6.07, 6.45) is 1.36. The number of amides is 1. The van der Waals surface area contributed by atoms with Crippen molar-refractivity contribution in [2.45, 2.75) is 18.4 Å². The molecule has 202 valence electrons. The smallest absolute Gasteiger partial charge is 0.255 e. The molecule has 0 atom stereocenters. The van der Waals surface area contributed by atoms with E-state index < -0.39 is 22.5 Å². The maximum Gasteiger partial charge on any atom is 0.255 e. The second-order valence-electron chi connectivity index (χ2n) is 8.05. The molecule has 1 N–H and O–H groups in total. The molecule has 0 bridgehead atoms. The maximum absolute atomic E-state index is 13.5. The molecule has 0 heterocycles. The van der Waals surface area contributed by atoms with Crippen molar-refractivity contribution in [1.29, 1.82) is 0 Å². The number of carbonyl (C=O) groups is 1. The lowest BCUT2D eigenvalue weighted by molar-refractivity contribution is -0.121. The highest BCUT2D eigenvalue weighted by Gasteiger charge is 2.27. The van der Waals surface area contributed by atoms with Gasteiger partial charge in [0.1, 0.15) is 0 Å². The van der Waals surface area contributed by atoms with Crippen molar-refractivity contribution in [3.8, 4) is 17.2 Å². The third-order valence-electron chi connectivity index (χ3n) is 5.45. The van der Waals surface area contributed by atoms with Crippen LogP contribution in [0.1, 0.15) is 16.7 Å². The summed E-state index contributed by atoms with van der Waals surface area (Å²) >= 11 is 12.1. The van der Waals surface area contributed by atoms with E-state index in [0.717, 1.165) is 9.87 Å². The quantitative estimate of drug-likeness (QED) is 0.261.